The first-order valence-corrected chi connectivity index (χ1v) is 5.70. The summed E-state index contributed by atoms with van der Waals surface area (Å²) in [5.41, 5.74) is 5.51. The van der Waals surface area contributed by atoms with Crippen molar-refractivity contribution in [3.05, 3.63) is 0 Å². The van der Waals surface area contributed by atoms with E-state index >= 15 is 0 Å². The molecule has 13 heavy (non-hydrogen) atoms. The fourth-order valence-electron chi connectivity index (χ4n) is 0.651. The Morgan fingerprint density at radius 3 is 2.69 bits per heavy atom. The van der Waals surface area contributed by atoms with E-state index in [-0.39, 0.29) is 0 Å². The van der Waals surface area contributed by atoms with Gasteiger partial charge in [0.2, 0.25) is 5.13 Å². The van der Waals surface area contributed by atoms with Gasteiger partial charge >= 0.3 is 0 Å². The second-order valence-electron chi connectivity index (χ2n) is 2.91. The molecule has 1 aromatic heterocycles. The molecule has 1 heterocycles. The summed E-state index contributed by atoms with van der Waals surface area (Å²) in [5.74, 6) is 0. The van der Waals surface area contributed by atoms with Gasteiger partial charge in [-0.15, -0.1) is 10.2 Å². The molecule has 0 aliphatic rings. The van der Waals surface area contributed by atoms with Gasteiger partial charge in [0.15, 0.2) is 4.34 Å². The minimum absolute atomic E-state index is 0.406. The van der Waals surface area contributed by atoms with Gasteiger partial charge in [-0.25, -0.2) is 0 Å². The Hall–Kier alpha value is -0.330. The largest absolute Gasteiger partial charge is 0.353 e. The zero-order valence-corrected chi connectivity index (χ0v) is 9.65. The fourth-order valence-corrected chi connectivity index (χ4v) is 2.59. The molecule has 0 amide bonds. The van der Waals surface area contributed by atoms with Gasteiger partial charge in [0.05, 0.1) is 0 Å². The third kappa shape index (κ3) is 3.13. The number of nitrogens with zero attached hydrogens (tertiary/aromatic N) is 3. The minimum atomic E-state index is 0.406. The van der Waals surface area contributed by atoms with Crippen molar-refractivity contribution in [2.75, 3.05) is 25.5 Å². The van der Waals surface area contributed by atoms with Crippen LogP contribution >= 0.6 is 23.1 Å². The molecule has 0 fully saturated rings. The lowest BCUT2D eigenvalue weighted by molar-refractivity contribution is 0.935. The number of thioether (sulfide) groups is 1. The first kappa shape index (κ1) is 10.7. The summed E-state index contributed by atoms with van der Waals surface area (Å²) in [5, 5.41) is 9.44. The summed E-state index contributed by atoms with van der Waals surface area (Å²) in [6, 6.07) is 0. The third-order valence-electron chi connectivity index (χ3n) is 1.41. The number of aromatic nitrogens is 2. The Morgan fingerprint density at radius 1 is 1.54 bits per heavy atom. The molecule has 4 nitrogen and oxygen atoms in total. The van der Waals surface area contributed by atoms with Gasteiger partial charge in [-0.3, -0.25) is 0 Å². The van der Waals surface area contributed by atoms with Crippen LogP contribution in [0, 0.1) is 0 Å². The van der Waals surface area contributed by atoms with Gasteiger partial charge in [-0.1, -0.05) is 30.0 Å². The van der Waals surface area contributed by atoms with Crippen LogP contribution in [0.15, 0.2) is 4.34 Å². The Labute approximate surface area is 86.5 Å². The highest BCUT2D eigenvalue weighted by molar-refractivity contribution is 8.01. The molecule has 1 atom stereocenters. The zero-order chi connectivity index (χ0) is 9.84. The molecule has 0 aromatic carbocycles. The van der Waals surface area contributed by atoms with E-state index in [0.717, 1.165) is 9.47 Å². The van der Waals surface area contributed by atoms with Gasteiger partial charge in [-0.05, 0) is 0 Å². The van der Waals surface area contributed by atoms with E-state index < -0.39 is 0 Å². The van der Waals surface area contributed by atoms with Crippen LogP contribution in [0.4, 0.5) is 5.13 Å². The molecular formula is C7H14N4S2. The molecule has 74 valence electrons. The lowest BCUT2D eigenvalue weighted by Gasteiger charge is -2.04. The summed E-state index contributed by atoms with van der Waals surface area (Å²) in [6.07, 6.45) is 0. The lowest BCUT2D eigenvalue weighted by atomic mass is 10.5. The number of hydrogen-bond acceptors (Lipinski definition) is 6. The molecule has 0 spiro atoms. The van der Waals surface area contributed by atoms with Crippen molar-refractivity contribution in [2.45, 2.75) is 16.5 Å². The maximum Gasteiger partial charge on any atom is 0.208 e. The van der Waals surface area contributed by atoms with Crippen LogP contribution in [-0.2, 0) is 0 Å². The van der Waals surface area contributed by atoms with Crippen LogP contribution in [0.3, 0.4) is 0 Å². The van der Waals surface area contributed by atoms with E-state index in [2.05, 4.69) is 17.1 Å². The summed E-state index contributed by atoms with van der Waals surface area (Å²) in [7, 11) is 3.92. The summed E-state index contributed by atoms with van der Waals surface area (Å²) >= 11 is 3.27. The Kier molecular flexibility index (Phi) is 3.95. The van der Waals surface area contributed by atoms with E-state index in [0.29, 0.717) is 11.8 Å². The quantitative estimate of drug-likeness (QED) is 0.765. The zero-order valence-electron chi connectivity index (χ0n) is 8.02. The van der Waals surface area contributed by atoms with Crippen LogP contribution < -0.4 is 10.6 Å². The van der Waals surface area contributed by atoms with Crippen molar-refractivity contribution in [2.24, 2.45) is 5.73 Å². The Bertz CT molecular complexity index is 261. The van der Waals surface area contributed by atoms with Crippen LogP contribution in [0.2, 0.25) is 0 Å². The molecule has 0 aliphatic carbocycles. The maximum atomic E-state index is 5.51. The van der Waals surface area contributed by atoms with Crippen molar-refractivity contribution in [1.82, 2.24) is 10.2 Å². The van der Waals surface area contributed by atoms with E-state index in [1.165, 1.54) is 0 Å². The second kappa shape index (κ2) is 4.78. The van der Waals surface area contributed by atoms with E-state index in [4.69, 9.17) is 5.73 Å². The third-order valence-corrected chi connectivity index (χ3v) is 3.71. The van der Waals surface area contributed by atoms with Crippen molar-refractivity contribution in [1.29, 1.82) is 0 Å². The van der Waals surface area contributed by atoms with E-state index in [1.807, 2.05) is 19.0 Å². The van der Waals surface area contributed by atoms with Crippen molar-refractivity contribution >= 4 is 28.2 Å². The predicted octanol–water partition coefficient (Wildman–Crippen LogP) is 1.04. The molecule has 1 aromatic rings. The number of rotatable bonds is 4. The molecule has 0 radical (unpaired) electrons. The molecule has 6 heteroatoms. The molecule has 2 N–H and O–H groups in total. The van der Waals surface area contributed by atoms with Gasteiger partial charge in [0, 0.05) is 25.9 Å². The summed E-state index contributed by atoms with van der Waals surface area (Å²) < 4.78 is 0.988. The number of nitrogens with two attached hydrogens (primary N) is 1. The molecule has 0 aliphatic heterocycles. The number of hydrogen-bond donors (Lipinski definition) is 1. The van der Waals surface area contributed by atoms with Crippen LogP contribution in [0.25, 0.3) is 0 Å². The van der Waals surface area contributed by atoms with Gasteiger partial charge in [0.25, 0.3) is 0 Å². The molecule has 0 saturated carbocycles. The summed E-state index contributed by atoms with van der Waals surface area (Å²) in [4.78, 5) is 1.95. The average molecular weight is 218 g/mol. The molecule has 1 rings (SSSR count). The smallest absolute Gasteiger partial charge is 0.208 e. The monoisotopic (exact) mass is 218 g/mol. The minimum Gasteiger partial charge on any atom is -0.353 e. The maximum absolute atomic E-state index is 5.51. The Morgan fingerprint density at radius 2 is 2.23 bits per heavy atom. The van der Waals surface area contributed by atoms with Crippen LogP contribution in [-0.4, -0.2) is 36.1 Å². The molecule has 0 saturated heterocycles. The average Bonchev–Trinajstić information content (AvgIpc) is 2.52. The van der Waals surface area contributed by atoms with Crippen LogP contribution in [0.5, 0.6) is 0 Å². The molecular weight excluding hydrogens is 204 g/mol. The fraction of sp³-hybridized carbons (Fsp3) is 0.714. The lowest BCUT2D eigenvalue weighted by Crippen LogP contribution is -2.11. The highest BCUT2D eigenvalue weighted by Gasteiger charge is 2.09. The standard InChI is InChI=1S/C7H14N4S2/c1-5(4-8)12-7-10-9-6(13-7)11(2)3/h5H,4,8H2,1-3H3. The highest BCUT2D eigenvalue weighted by Crippen LogP contribution is 2.29. The topological polar surface area (TPSA) is 55.0 Å². The van der Waals surface area contributed by atoms with Crippen molar-refractivity contribution in [3.8, 4) is 0 Å². The SMILES string of the molecule is CC(CN)Sc1nnc(N(C)C)s1. The highest BCUT2D eigenvalue weighted by atomic mass is 32.2. The van der Waals surface area contributed by atoms with Crippen molar-refractivity contribution < 1.29 is 0 Å². The second-order valence-corrected chi connectivity index (χ2v) is 5.55. The van der Waals surface area contributed by atoms with Gasteiger partial charge in [-0.2, -0.15) is 0 Å². The van der Waals surface area contributed by atoms with Gasteiger partial charge in [0.1, 0.15) is 0 Å². The normalized spacial score (nSPS) is 12.9. The molecule has 1 unspecified atom stereocenters. The van der Waals surface area contributed by atoms with Gasteiger partial charge < -0.3 is 10.6 Å². The first-order valence-electron chi connectivity index (χ1n) is 4.01. The van der Waals surface area contributed by atoms with E-state index in [9.17, 15) is 0 Å². The van der Waals surface area contributed by atoms with Crippen molar-refractivity contribution in [3.63, 3.8) is 0 Å². The molecule has 0 bridgehead atoms. The van der Waals surface area contributed by atoms with Crippen LogP contribution in [0.1, 0.15) is 6.92 Å². The Balaban J connectivity index is 2.58. The van der Waals surface area contributed by atoms with E-state index in [1.54, 1.807) is 23.1 Å². The summed E-state index contributed by atoms with van der Waals surface area (Å²) in [6.45, 7) is 2.75. The first-order chi connectivity index (χ1) is 6.13. The predicted molar refractivity (Wildman–Crippen MR) is 58.6 cm³/mol. The number of anilines is 1.